The second kappa shape index (κ2) is 10.9. The minimum absolute atomic E-state index is 0.134. The molecular weight excluding hydrogens is 432 g/mol. The molecule has 0 radical (unpaired) electrons. The maximum Gasteiger partial charge on any atom is 0.0479 e. The molecule has 5 rings (SSSR count). The van der Waals surface area contributed by atoms with Gasteiger partial charge < -0.3 is 0 Å². The molecule has 0 nitrogen and oxygen atoms in total. The summed E-state index contributed by atoms with van der Waals surface area (Å²) in [4.78, 5) is 0. The lowest BCUT2D eigenvalue weighted by molar-refractivity contribution is 0.271. The standard InChI is InChI=1S/C36H40/c1-4-28-13-21-33(22-14-28)36(32-9-7-6-8-10-32,34-23-15-29(5-2)16-24-34)35-25-19-31(20-26-35)30-17-11-27(3)12-18-30/h11-26,32H,4-10H2,1-3H3. The topological polar surface area (TPSA) is 0 Å². The van der Waals surface area contributed by atoms with Crippen molar-refractivity contribution < 1.29 is 0 Å². The number of benzene rings is 4. The van der Waals surface area contributed by atoms with Gasteiger partial charge in [0, 0.05) is 5.41 Å². The fourth-order valence-electron chi connectivity index (χ4n) is 6.42. The van der Waals surface area contributed by atoms with Crippen molar-refractivity contribution in [1.29, 1.82) is 0 Å². The third kappa shape index (κ3) is 4.66. The SMILES string of the molecule is CCc1ccc(C(c2ccc(CC)cc2)(c2ccc(-c3ccc(C)cc3)cc2)C2CCCCC2)cc1. The summed E-state index contributed by atoms with van der Waals surface area (Å²) in [5, 5.41) is 0. The Morgan fingerprint density at radius 3 is 1.33 bits per heavy atom. The van der Waals surface area contributed by atoms with Gasteiger partial charge >= 0.3 is 0 Å². The predicted octanol–water partition coefficient (Wildman–Crippen LogP) is 9.70. The second-order valence-electron chi connectivity index (χ2n) is 10.7. The van der Waals surface area contributed by atoms with Gasteiger partial charge in [-0.3, -0.25) is 0 Å². The summed E-state index contributed by atoms with van der Waals surface area (Å²) in [6, 6.07) is 37.6. The predicted molar refractivity (Wildman–Crippen MR) is 155 cm³/mol. The van der Waals surface area contributed by atoms with Crippen molar-refractivity contribution in [2.24, 2.45) is 5.92 Å². The summed E-state index contributed by atoms with van der Waals surface area (Å²) >= 11 is 0. The molecule has 0 saturated heterocycles. The van der Waals surface area contributed by atoms with Gasteiger partial charge in [0.15, 0.2) is 0 Å². The molecule has 0 bridgehead atoms. The first-order chi connectivity index (χ1) is 17.6. The molecule has 1 saturated carbocycles. The van der Waals surface area contributed by atoms with E-state index in [1.807, 2.05) is 0 Å². The number of hydrogen-bond acceptors (Lipinski definition) is 0. The van der Waals surface area contributed by atoms with Gasteiger partial charge in [-0.1, -0.05) is 136 Å². The van der Waals surface area contributed by atoms with Crippen molar-refractivity contribution in [1.82, 2.24) is 0 Å². The molecule has 184 valence electrons. The minimum Gasteiger partial charge on any atom is -0.0613 e. The van der Waals surface area contributed by atoms with E-state index in [2.05, 4.69) is 118 Å². The lowest BCUT2D eigenvalue weighted by atomic mass is 9.58. The maximum atomic E-state index is 2.43. The van der Waals surface area contributed by atoms with Crippen LogP contribution in [0, 0.1) is 12.8 Å². The van der Waals surface area contributed by atoms with Crippen LogP contribution in [0.1, 0.15) is 79.3 Å². The Bertz CT molecular complexity index is 1190. The van der Waals surface area contributed by atoms with E-state index in [0.29, 0.717) is 5.92 Å². The number of rotatable bonds is 7. The van der Waals surface area contributed by atoms with Gasteiger partial charge in [0.05, 0.1) is 0 Å². The van der Waals surface area contributed by atoms with Crippen LogP contribution in [-0.4, -0.2) is 0 Å². The molecule has 0 aliphatic heterocycles. The Balaban J connectivity index is 1.70. The first-order valence-corrected chi connectivity index (χ1v) is 14.0. The first-order valence-electron chi connectivity index (χ1n) is 14.0. The smallest absolute Gasteiger partial charge is 0.0479 e. The number of aryl methyl sites for hydroxylation is 3. The fraction of sp³-hybridized carbons (Fsp3) is 0.333. The Morgan fingerprint density at radius 2 is 0.917 bits per heavy atom. The monoisotopic (exact) mass is 472 g/mol. The molecule has 0 unspecified atom stereocenters. The molecular formula is C36H40. The quantitative estimate of drug-likeness (QED) is 0.235. The molecule has 1 aliphatic rings. The van der Waals surface area contributed by atoms with Crippen LogP contribution in [0.2, 0.25) is 0 Å². The molecule has 36 heavy (non-hydrogen) atoms. The summed E-state index contributed by atoms with van der Waals surface area (Å²) < 4.78 is 0. The molecule has 0 heteroatoms. The summed E-state index contributed by atoms with van der Waals surface area (Å²) in [6.07, 6.45) is 8.74. The van der Waals surface area contributed by atoms with E-state index >= 15 is 0 Å². The molecule has 4 aromatic carbocycles. The van der Waals surface area contributed by atoms with Gasteiger partial charge in [-0.15, -0.1) is 0 Å². The molecule has 0 amide bonds. The van der Waals surface area contributed by atoms with Crippen LogP contribution in [-0.2, 0) is 18.3 Å². The minimum atomic E-state index is -0.134. The average molecular weight is 473 g/mol. The van der Waals surface area contributed by atoms with Crippen molar-refractivity contribution in [3.63, 3.8) is 0 Å². The summed E-state index contributed by atoms with van der Waals surface area (Å²) in [5.41, 5.74) is 10.9. The zero-order valence-corrected chi connectivity index (χ0v) is 22.3. The lowest BCUT2D eigenvalue weighted by Gasteiger charge is -2.45. The molecule has 0 heterocycles. The second-order valence-corrected chi connectivity index (χ2v) is 10.7. The molecule has 0 atom stereocenters. The highest BCUT2D eigenvalue weighted by Crippen LogP contribution is 2.50. The molecule has 1 fully saturated rings. The van der Waals surface area contributed by atoms with Crippen molar-refractivity contribution in [3.8, 4) is 11.1 Å². The fourth-order valence-corrected chi connectivity index (χ4v) is 6.42. The highest BCUT2D eigenvalue weighted by atomic mass is 14.5. The van der Waals surface area contributed by atoms with E-state index in [1.165, 1.54) is 76.6 Å². The summed E-state index contributed by atoms with van der Waals surface area (Å²) in [7, 11) is 0. The lowest BCUT2D eigenvalue weighted by Crippen LogP contribution is -2.39. The molecule has 4 aromatic rings. The third-order valence-corrected chi connectivity index (χ3v) is 8.58. The summed E-state index contributed by atoms with van der Waals surface area (Å²) in [6.45, 7) is 6.65. The van der Waals surface area contributed by atoms with Crippen LogP contribution >= 0.6 is 0 Å². The van der Waals surface area contributed by atoms with Crippen LogP contribution in [0.25, 0.3) is 11.1 Å². The Hall–Kier alpha value is -3.12. The van der Waals surface area contributed by atoms with Crippen LogP contribution in [0.15, 0.2) is 97.1 Å². The van der Waals surface area contributed by atoms with Gasteiger partial charge in [0.25, 0.3) is 0 Å². The van der Waals surface area contributed by atoms with E-state index in [4.69, 9.17) is 0 Å². The van der Waals surface area contributed by atoms with E-state index in [-0.39, 0.29) is 5.41 Å². The van der Waals surface area contributed by atoms with E-state index < -0.39 is 0 Å². The van der Waals surface area contributed by atoms with E-state index in [0.717, 1.165) is 12.8 Å². The van der Waals surface area contributed by atoms with Gasteiger partial charge in [-0.05, 0) is 77.5 Å². The molecule has 0 N–H and O–H groups in total. The van der Waals surface area contributed by atoms with Crippen molar-refractivity contribution in [2.45, 2.75) is 71.1 Å². The zero-order chi connectivity index (χ0) is 25.0. The van der Waals surface area contributed by atoms with Crippen LogP contribution in [0.5, 0.6) is 0 Å². The first kappa shape index (κ1) is 24.6. The highest BCUT2D eigenvalue weighted by Gasteiger charge is 2.43. The molecule has 0 aromatic heterocycles. The van der Waals surface area contributed by atoms with Gasteiger partial charge in [-0.25, -0.2) is 0 Å². The van der Waals surface area contributed by atoms with Crippen LogP contribution in [0.3, 0.4) is 0 Å². The van der Waals surface area contributed by atoms with Gasteiger partial charge in [0.1, 0.15) is 0 Å². The third-order valence-electron chi connectivity index (χ3n) is 8.58. The maximum absolute atomic E-state index is 2.43. The average Bonchev–Trinajstić information content (AvgIpc) is 2.95. The van der Waals surface area contributed by atoms with E-state index in [1.54, 1.807) is 0 Å². The largest absolute Gasteiger partial charge is 0.0613 e. The van der Waals surface area contributed by atoms with Crippen LogP contribution in [0.4, 0.5) is 0 Å². The molecule has 0 spiro atoms. The van der Waals surface area contributed by atoms with E-state index in [9.17, 15) is 0 Å². The molecule has 1 aliphatic carbocycles. The summed E-state index contributed by atoms with van der Waals surface area (Å²) in [5.74, 6) is 0.594. The van der Waals surface area contributed by atoms with Gasteiger partial charge in [-0.2, -0.15) is 0 Å². The van der Waals surface area contributed by atoms with Crippen LogP contribution < -0.4 is 0 Å². The van der Waals surface area contributed by atoms with Crippen molar-refractivity contribution >= 4 is 0 Å². The van der Waals surface area contributed by atoms with Gasteiger partial charge in [0.2, 0.25) is 0 Å². The zero-order valence-electron chi connectivity index (χ0n) is 22.3. The van der Waals surface area contributed by atoms with Crippen molar-refractivity contribution in [3.05, 3.63) is 130 Å². The Kier molecular flexibility index (Phi) is 7.42. The van der Waals surface area contributed by atoms with Crippen molar-refractivity contribution in [2.75, 3.05) is 0 Å². The normalized spacial score (nSPS) is 14.6. The highest BCUT2D eigenvalue weighted by molar-refractivity contribution is 5.65. The Morgan fingerprint density at radius 1 is 0.528 bits per heavy atom. The number of hydrogen-bond donors (Lipinski definition) is 0. The Labute approximate surface area is 218 Å².